The fourth-order valence-electron chi connectivity index (χ4n) is 2.52. The molecule has 1 rings (SSSR count). The fraction of sp³-hybridized carbons (Fsp3) is 0.923. The van der Waals surface area contributed by atoms with E-state index in [1.807, 2.05) is 0 Å². The lowest BCUT2D eigenvalue weighted by molar-refractivity contribution is 0.214. The van der Waals surface area contributed by atoms with Gasteiger partial charge in [-0.25, -0.2) is 4.79 Å². The van der Waals surface area contributed by atoms with Gasteiger partial charge in [0.2, 0.25) is 0 Å². The zero-order chi connectivity index (χ0) is 12.7. The zero-order valence-corrected chi connectivity index (χ0v) is 11.0. The zero-order valence-electron chi connectivity index (χ0n) is 11.0. The number of carbonyl (C=O) groups is 1. The molecular weight excluding hydrogens is 216 g/mol. The predicted molar refractivity (Wildman–Crippen MR) is 68.9 cm³/mol. The van der Waals surface area contributed by atoms with Crippen molar-refractivity contribution in [3.8, 4) is 0 Å². The van der Waals surface area contributed by atoms with Crippen molar-refractivity contribution >= 4 is 6.03 Å². The van der Waals surface area contributed by atoms with Crippen molar-refractivity contribution in [3.63, 3.8) is 0 Å². The molecule has 1 aliphatic rings. The summed E-state index contributed by atoms with van der Waals surface area (Å²) in [6.45, 7) is 3.98. The van der Waals surface area contributed by atoms with Crippen molar-refractivity contribution in [3.05, 3.63) is 0 Å². The molecule has 3 atom stereocenters. The number of aliphatic hydroxyl groups excluding tert-OH is 1. The van der Waals surface area contributed by atoms with Gasteiger partial charge >= 0.3 is 6.03 Å². The summed E-state index contributed by atoms with van der Waals surface area (Å²) >= 11 is 0. The fourth-order valence-corrected chi connectivity index (χ4v) is 2.52. The molecule has 0 spiro atoms. The molecule has 0 bridgehead atoms. The number of carbonyl (C=O) groups excluding carboxylic acids is 1. The number of amides is 2. The molecule has 100 valence electrons. The number of hydrogen-bond donors (Lipinski definition) is 3. The van der Waals surface area contributed by atoms with E-state index in [0.29, 0.717) is 12.0 Å². The van der Waals surface area contributed by atoms with Crippen molar-refractivity contribution in [1.29, 1.82) is 0 Å². The maximum absolute atomic E-state index is 11.7. The highest BCUT2D eigenvalue weighted by atomic mass is 16.3. The average molecular weight is 242 g/mol. The summed E-state index contributed by atoms with van der Waals surface area (Å²) in [4.78, 5) is 11.7. The van der Waals surface area contributed by atoms with E-state index in [0.717, 1.165) is 6.42 Å². The molecule has 17 heavy (non-hydrogen) atoms. The van der Waals surface area contributed by atoms with Gasteiger partial charge in [-0.2, -0.15) is 0 Å². The minimum atomic E-state index is -0.175. The predicted octanol–water partition coefficient (Wildman–Crippen LogP) is 2.03. The summed E-state index contributed by atoms with van der Waals surface area (Å²) in [5, 5.41) is 14.6. The Morgan fingerprint density at radius 2 is 2.24 bits per heavy atom. The van der Waals surface area contributed by atoms with Crippen LogP contribution in [-0.4, -0.2) is 29.8 Å². The second-order valence-corrected chi connectivity index (χ2v) is 5.14. The van der Waals surface area contributed by atoms with E-state index in [1.54, 1.807) is 6.92 Å². The van der Waals surface area contributed by atoms with Crippen molar-refractivity contribution < 1.29 is 9.90 Å². The average Bonchev–Trinajstić information content (AvgIpc) is 2.73. The Morgan fingerprint density at radius 1 is 1.47 bits per heavy atom. The molecule has 0 saturated heterocycles. The molecule has 0 heterocycles. The first-order valence-electron chi connectivity index (χ1n) is 6.85. The molecule has 0 aromatic heterocycles. The van der Waals surface area contributed by atoms with E-state index in [9.17, 15) is 4.79 Å². The van der Waals surface area contributed by atoms with E-state index >= 15 is 0 Å². The van der Waals surface area contributed by atoms with Gasteiger partial charge in [0.25, 0.3) is 0 Å². The van der Waals surface area contributed by atoms with Crippen LogP contribution in [0.3, 0.4) is 0 Å². The summed E-state index contributed by atoms with van der Waals surface area (Å²) < 4.78 is 0. The third kappa shape index (κ3) is 4.94. The molecule has 2 amide bonds. The van der Waals surface area contributed by atoms with Crippen molar-refractivity contribution in [2.24, 2.45) is 5.92 Å². The molecule has 0 aromatic rings. The highest BCUT2D eigenvalue weighted by Crippen LogP contribution is 2.29. The van der Waals surface area contributed by atoms with Gasteiger partial charge < -0.3 is 15.7 Å². The number of hydrogen-bond acceptors (Lipinski definition) is 2. The van der Waals surface area contributed by atoms with Crippen LogP contribution < -0.4 is 10.6 Å². The summed E-state index contributed by atoms with van der Waals surface area (Å²) in [5.41, 5.74) is 0. The third-order valence-electron chi connectivity index (χ3n) is 3.56. The van der Waals surface area contributed by atoms with E-state index in [2.05, 4.69) is 17.6 Å². The third-order valence-corrected chi connectivity index (χ3v) is 3.56. The highest BCUT2D eigenvalue weighted by molar-refractivity contribution is 5.74. The molecule has 1 saturated carbocycles. The summed E-state index contributed by atoms with van der Waals surface area (Å²) in [6.07, 6.45) is 7.23. The number of rotatable bonds is 6. The second kappa shape index (κ2) is 7.54. The van der Waals surface area contributed by atoms with Gasteiger partial charge in [-0.1, -0.05) is 26.2 Å². The van der Waals surface area contributed by atoms with Crippen LogP contribution in [-0.2, 0) is 0 Å². The lowest BCUT2D eigenvalue weighted by Gasteiger charge is -2.22. The Labute approximate surface area is 104 Å². The lowest BCUT2D eigenvalue weighted by Crippen LogP contribution is -2.47. The summed E-state index contributed by atoms with van der Waals surface area (Å²) in [5.74, 6) is 0.644. The monoisotopic (exact) mass is 242 g/mol. The first-order chi connectivity index (χ1) is 8.17. The molecule has 0 radical (unpaired) electrons. The first-order valence-corrected chi connectivity index (χ1v) is 6.85. The van der Waals surface area contributed by atoms with Crippen LogP contribution in [0.2, 0.25) is 0 Å². The number of unbranched alkanes of at least 4 members (excludes halogenated alkanes) is 1. The Kier molecular flexibility index (Phi) is 6.34. The minimum Gasteiger partial charge on any atom is -0.394 e. The molecule has 4 nitrogen and oxygen atoms in total. The molecule has 1 aliphatic carbocycles. The van der Waals surface area contributed by atoms with E-state index in [4.69, 9.17) is 5.11 Å². The van der Waals surface area contributed by atoms with Gasteiger partial charge in [-0.05, 0) is 32.1 Å². The molecule has 2 unspecified atom stereocenters. The van der Waals surface area contributed by atoms with Crippen LogP contribution in [0.1, 0.15) is 52.4 Å². The summed E-state index contributed by atoms with van der Waals surface area (Å²) in [6, 6.07) is 0.0119. The standard InChI is InChI=1S/C13H26N2O2/c1-3-4-6-11-7-5-8-12(11)15-13(17)14-10(2)9-16/h10-12,16H,3-9H2,1-2H3,(H2,14,15,17)/t10-,11?,12?/m0/s1. The lowest BCUT2D eigenvalue weighted by atomic mass is 9.97. The van der Waals surface area contributed by atoms with Crippen LogP contribution in [0.4, 0.5) is 4.79 Å². The van der Waals surface area contributed by atoms with Gasteiger partial charge in [-0.3, -0.25) is 0 Å². The highest BCUT2D eigenvalue weighted by Gasteiger charge is 2.27. The maximum Gasteiger partial charge on any atom is 0.315 e. The van der Waals surface area contributed by atoms with Gasteiger partial charge in [-0.15, -0.1) is 0 Å². The van der Waals surface area contributed by atoms with Crippen molar-refractivity contribution in [2.45, 2.75) is 64.5 Å². The van der Waals surface area contributed by atoms with E-state index in [1.165, 1.54) is 32.1 Å². The Hall–Kier alpha value is -0.770. The topological polar surface area (TPSA) is 61.4 Å². The van der Waals surface area contributed by atoms with Crippen LogP contribution in [0.5, 0.6) is 0 Å². The second-order valence-electron chi connectivity index (χ2n) is 5.14. The first kappa shape index (κ1) is 14.3. The number of urea groups is 1. The normalized spacial score (nSPS) is 25.6. The van der Waals surface area contributed by atoms with Crippen LogP contribution in [0.15, 0.2) is 0 Å². The smallest absolute Gasteiger partial charge is 0.315 e. The maximum atomic E-state index is 11.7. The number of nitrogens with one attached hydrogen (secondary N) is 2. The number of aliphatic hydroxyl groups is 1. The van der Waals surface area contributed by atoms with E-state index < -0.39 is 0 Å². The molecule has 0 aromatic carbocycles. The van der Waals surface area contributed by atoms with Gasteiger partial charge in [0.05, 0.1) is 12.6 Å². The Morgan fingerprint density at radius 3 is 2.88 bits per heavy atom. The largest absolute Gasteiger partial charge is 0.394 e. The minimum absolute atomic E-state index is 0.0165. The molecule has 4 heteroatoms. The Bertz CT molecular complexity index is 233. The molecule has 3 N–H and O–H groups in total. The van der Waals surface area contributed by atoms with Crippen molar-refractivity contribution in [1.82, 2.24) is 10.6 Å². The van der Waals surface area contributed by atoms with E-state index in [-0.39, 0.29) is 18.7 Å². The Balaban J connectivity index is 2.31. The van der Waals surface area contributed by atoms with Gasteiger partial charge in [0, 0.05) is 6.04 Å². The summed E-state index contributed by atoms with van der Waals surface area (Å²) in [7, 11) is 0. The van der Waals surface area contributed by atoms with Crippen LogP contribution in [0, 0.1) is 5.92 Å². The van der Waals surface area contributed by atoms with Crippen LogP contribution in [0.25, 0.3) is 0 Å². The van der Waals surface area contributed by atoms with Crippen molar-refractivity contribution in [2.75, 3.05) is 6.61 Å². The SMILES string of the molecule is CCCCC1CCCC1NC(=O)N[C@@H](C)CO. The quantitative estimate of drug-likeness (QED) is 0.667. The van der Waals surface area contributed by atoms with Gasteiger partial charge in [0.15, 0.2) is 0 Å². The van der Waals surface area contributed by atoms with Crippen LogP contribution >= 0.6 is 0 Å². The molecule has 0 aliphatic heterocycles. The molecule has 1 fully saturated rings. The van der Waals surface area contributed by atoms with Gasteiger partial charge in [0.1, 0.15) is 0 Å². The molecular formula is C13H26N2O2.